The molecule has 0 aromatic carbocycles. The number of hydrogen-bond acceptors (Lipinski definition) is 7. The van der Waals surface area contributed by atoms with Crippen molar-refractivity contribution in [3.63, 3.8) is 0 Å². The van der Waals surface area contributed by atoms with Crippen molar-refractivity contribution >= 4 is 11.8 Å². The van der Waals surface area contributed by atoms with E-state index in [1.54, 1.807) is 24.8 Å². The maximum absolute atomic E-state index is 8.97. The maximum Gasteiger partial charge on any atom is 0.226 e. The van der Waals surface area contributed by atoms with Crippen LogP contribution in [0.25, 0.3) is 5.82 Å². The molecule has 0 atom stereocenters. The number of hydrogen-bond donors (Lipinski definition) is 0. The van der Waals surface area contributed by atoms with Crippen molar-refractivity contribution < 1.29 is 0 Å². The van der Waals surface area contributed by atoms with Gasteiger partial charge in [-0.15, -0.1) is 0 Å². The second-order valence-electron chi connectivity index (χ2n) is 5.65. The van der Waals surface area contributed by atoms with Gasteiger partial charge in [0.2, 0.25) is 5.95 Å². The van der Waals surface area contributed by atoms with Crippen molar-refractivity contribution in [3.05, 3.63) is 54.9 Å². The highest BCUT2D eigenvalue weighted by molar-refractivity contribution is 5.45. The number of anilines is 2. The van der Waals surface area contributed by atoms with E-state index in [1.807, 2.05) is 29.0 Å². The van der Waals surface area contributed by atoms with Gasteiger partial charge < -0.3 is 9.80 Å². The van der Waals surface area contributed by atoms with E-state index in [0.717, 1.165) is 37.8 Å². The standard InChI is InChI=1S/C17H16N8/c18-12-14-4-5-20-17(21-14)24-10-8-23(9-11-24)15-2-1-3-16(22-15)25-7-6-19-13-25/h1-7,13H,8-11H2. The second-order valence-corrected chi connectivity index (χ2v) is 5.65. The summed E-state index contributed by atoms with van der Waals surface area (Å²) in [6.07, 6.45) is 6.99. The quantitative estimate of drug-likeness (QED) is 0.713. The summed E-state index contributed by atoms with van der Waals surface area (Å²) in [5, 5.41) is 8.97. The predicted molar refractivity (Wildman–Crippen MR) is 92.5 cm³/mol. The zero-order chi connectivity index (χ0) is 17.1. The molecule has 0 bridgehead atoms. The Morgan fingerprint density at radius 1 is 0.920 bits per heavy atom. The zero-order valence-electron chi connectivity index (χ0n) is 13.5. The topological polar surface area (TPSA) is 86.8 Å². The molecular formula is C17H16N8. The van der Waals surface area contributed by atoms with Crippen molar-refractivity contribution in [2.24, 2.45) is 0 Å². The van der Waals surface area contributed by atoms with Gasteiger partial charge in [0.15, 0.2) is 0 Å². The molecule has 4 rings (SSSR count). The Morgan fingerprint density at radius 3 is 2.48 bits per heavy atom. The average molecular weight is 332 g/mol. The van der Waals surface area contributed by atoms with Crippen LogP contribution in [0.4, 0.5) is 11.8 Å². The molecule has 4 heterocycles. The van der Waals surface area contributed by atoms with E-state index in [-0.39, 0.29) is 0 Å². The summed E-state index contributed by atoms with van der Waals surface area (Å²) in [4.78, 5) is 21.7. The predicted octanol–water partition coefficient (Wildman–Crippen LogP) is 1.26. The summed E-state index contributed by atoms with van der Waals surface area (Å²) >= 11 is 0. The van der Waals surface area contributed by atoms with Crippen LogP contribution < -0.4 is 9.80 Å². The highest BCUT2D eigenvalue weighted by Crippen LogP contribution is 2.18. The van der Waals surface area contributed by atoms with E-state index in [0.29, 0.717) is 11.6 Å². The lowest BCUT2D eigenvalue weighted by Gasteiger charge is -2.35. The third kappa shape index (κ3) is 3.12. The van der Waals surface area contributed by atoms with Gasteiger partial charge in [0, 0.05) is 44.8 Å². The summed E-state index contributed by atoms with van der Waals surface area (Å²) < 4.78 is 1.89. The van der Waals surface area contributed by atoms with Gasteiger partial charge in [-0.3, -0.25) is 4.57 Å². The first-order valence-electron chi connectivity index (χ1n) is 8.02. The lowest BCUT2D eigenvalue weighted by atomic mass is 10.3. The van der Waals surface area contributed by atoms with Crippen LogP contribution in [0.1, 0.15) is 5.69 Å². The Hall–Kier alpha value is -3.47. The highest BCUT2D eigenvalue weighted by atomic mass is 15.3. The molecule has 1 fully saturated rings. The normalized spacial score (nSPS) is 14.4. The molecule has 25 heavy (non-hydrogen) atoms. The first-order valence-corrected chi connectivity index (χ1v) is 8.02. The minimum absolute atomic E-state index is 0.391. The first-order chi connectivity index (χ1) is 12.3. The van der Waals surface area contributed by atoms with Crippen molar-refractivity contribution in [1.29, 1.82) is 5.26 Å². The molecule has 0 unspecified atom stereocenters. The SMILES string of the molecule is N#Cc1ccnc(N2CCN(c3cccc(-n4ccnc4)n3)CC2)n1. The smallest absolute Gasteiger partial charge is 0.226 e. The molecular weight excluding hydrogens is 316 g/mol. The van der Waals surface area contributed by atoms with Gasteiger partial charge in [-0.2, -0.15) is 5.26 Å². The van der Waals surface area contributed by atoms with Gasteiger partial charge in [-0.1, -0.05) is 6.07 Å². The number of nitrogens with zero attached hydrogens (tertiary/aromatic N) is 8. The molecule has 0 saturated carbocycles. The summed E-state index contributed by atoms with van der Waals surface area (Å²) in [6, 6.07) is 9.65. The minimum atomic E-state index is 0.391. The maximum atomic E-state index is 8.97. The number of imidazole rings is 1. The van der Waals surface area contributed by atoms with E-state index in [1.165, 1.54) is 0 Å². The van der Waals surface area contributed by atoms with E-state index in [2.05, 4.69) is 30.8 Å². The summed E-state index contributed by atoms with van der Waals surface area (Å²) in [5.74, 6) is 2.40. The Kier molecular flexibility index (Phi) is 3.96. The average Bonchev–Trinajstić information content (AvgIpc) is 3.23. The third-order valence-corrected chi connectivity index (χ3v) is 4.13. The fourth-order valence-corrected chi connectivity index (χ4v) is 2.83. The van der Waals surface area contributed by atoms with Crippen LogP contribution in [0.2, 0.25) is 0 Å². The summed E-state index contributed by atoms with van der Waals surface area (Å²) in [5.41, 5.74) is 0.391. The van der Waals surface area contributed by atoms with Crippen LogP contribution in [0, 0.1) is 11.3 Å². The van der Waals surface area contributed by atoms with Gasteiger partial charge in [0.25, 0.3) is 0 Å². The molecule has 1 saturated heterocycles. The van der Waals surface area contributed by atoms with Crippen molar-refractivity contribution in [3.8, 4) is 11.9 Å². The number of aromatic nitrogens is 5. The fraction of sp³-hybridized carbons (Fsp3) is 0.235. The van der Waals surface area contributed by atoms with Gasteiger partial charge in [0.1, 0.15) is 29.7 Å². The lowest BCUT2D eigenvalue weighted by molar-refractivity contribution is 0.633. The minimum Gasteiger partial charge on any atom is -0.353 e. The molecule has 0 aliphatic carbocycles. The van der Waals surface area contributed by atoms with E-state index in [9.17, 15) is 0 Å². The molecule has 3 aromatic heterocycles. The van der Waals surface area contributed by atoms with Gasteiger partial charge in [0.05, 0.1) is 0 Å². The van der Waals surface area contributed by atoms with Crippen LogP contribution >= 0.6 is 0 Å². The Bertz CT molecular complexity index is 891. The molecule has 1 aliphatic heterocycles. The fourth-order valence-electron chi connectivity index (χ4n) is 2.83. The number of piperazine rings is 1. The summed E-state index contributed by atoms with van der Waals surface area (Å²) in [7, 11) is 0. The molecule has 8 nitrogen and oxygen atoms in total. The monoisotopic (exact) mass is 332 g/mol. The van der Waals surface area contributed by atoms with Crippen LogP contribution in [0.5, 0.6) is 0 Å². The number of rotatable bonds is 3. The molecule has 124 valence electrons. The third-order valence-electron chi connectivity index (χ3n) is 4.13. The molecule has 0 N–H and O–H groups in total. The van der Waals surface area contributed by atoms with Crippen LogP contribution in [-0.2, 0) is 0 Å². The van der Waals surface area contributed by atoms with Crippen molar-refractivity contribution in [1.82, 2.24) is 24.5 Å². The van der Waals surface area contributed by atoms with Crippen LogP contribution in [-0.4, -0.2) is 50.7 Å². The highest BCUT2D eigenvalue weighted by Gasteiger charge is 2.20. The first kappa shape index (κ1) is 15.1. The van der Waals surface area contributed by atoms with E-state index >= 15 is 0 Å². The molecule has 3 aromatic rings. The van der Waals surface area contributed by atoms with Crippen molar-refractivity contribution in [2.45, 2.75) is 0 Å². The Labute approximate surface area is 145 Å². The zero-order valence-corrected chi connectivity index (χ0v) is 13.5. The Balaban J connectivity index is 1.47. The Morgan fingerprint density at radius 2 is 1.72 bits per heavy atom. The van der Waals surface area contributed by atoms with E-state index in [4.69, 9.17) is 10.2 Å². The molecule has 0 spiro atoms. The molecule has 1 aliphatic rings. The van der Waals surface area contributed by atoms with Gasteiger partial charge in [-0.25, -0.2) is 19.9 Å². The molecule has 8 heteroatoms. The second kappa shape index (κ2) is 6.57. The molecule has 0 amide bonds. The van der Waals surface area contributed by atoms with Gasteiger partial charge >= 0.3 is 0 Å². The van der Waals surface area contributed by atoms with Gasteiger partial charge in [-0.05, 0) is 18.2 Å². The van der Waals surface area contributed by atoms with Crippen LogP contribution in [0.3, 0.4) is 0 Å². The largest absolute Gasteiger partial charge is 0.353 e. The van der Waals surface area contributed by atoms with Crippen molar-refractivity contribution in [2.75, 3.05) is 36.0 Å². The molecule has 0 radical (unpaired) electrons. The van der Waals surface area contributed by atoms with E-state index < -0.39 is 0 Å². The summed E-state index contributed by atoms with van der Waals surface area (Å²) in [6.45, 7) is 3.21. The number of nitriles is 1. The lowest BCUT2D eigenvalue weighted by Crippen LogP contribution is -2.47. The number of pyridine rings is 1. The van der Waals surface area contributed by atoms with Crippen LogP contribution in [0.15, 0.2) is 49.2 Å².